The maximum atomic E-state index is 2.41. The molecule has 1 atom stereocenters. The van der Waals surface area contributed by atoms with Gasteiger partial charge >= 0.3 is 0 Å². The third-order valence-electron chi connectivity index (χ3n) is 6.04. The van der Waals surface area contributed by atoms with Crippen molar-refractivity contribution >= 4 is 0 Å². The average molecular weight is 353 g/mol. The van der Waals surface area contributed by atoms with E-state index in [1.54, 1.807) is 0 Å². The van der Waals surface area contributed by atoms with Gasteiger partial charge in [-0.1, -0.05) is 66.0 Å². The predicted molar refractivity (Wildman–Crippen MR) is 114 cm³/mol. The fourth-order valence-electron chi connectivity index (χ4n) is 3.74. The number of nitrogens with zero attached hydrogens (tertiary/aromatic N) is 1. The second-order valence-electron chi connectivity index (χ2n) is 8.64. The molecule has 1 aromatic heterocycles. The first kappa shape index (κ1) is 20.7. The summed E-state index contributed by atoms with van der Waals surface area (Å²) in [5, 5.41) is 0. The van der Waals surface area contributed by atoms with Crippen molar-refractivity contribution in [1.29, 1.82) is 0 Å². The molecule has 0 aliphatic carbocycles. The van der Waals surface area contributed by atoms with Crippen molar-refractivity contribution in [3.8, 4) is 11.3 Å². The Morgan fingerprint density at radius 3 is 2.38 bits per heavy atom. The summed E-state index contributed by atoms with van der Waals surface area (Å²) >= 11 is 0. The normalized spacial score (nSPS) is 13.0. The summed E-state index contributed by atoms with van der Waals surface area (Å²) in [4.78, 5) is 0. The molecule has 142 valence electrons. The summed E-state index contributed by atoms with van der Waals surface area (Å²) in [5.41, 5.74) is 7.17. The van der Waals surface area contributed by atoms with E-state index in [1.807, 2.05) is 0 Å². The summed E-state index contributed by atoms with van der Waals surface area (Å²) in [6, 6.07) is 11.7. The molecule has 0 saturated carbocycles. The van der Waals surface area contributed by atoms with E-state index < -0.39 is 0 Å². The molecule has 1 heteroatoms. The quantitative estimate of drug-likeness (QED) is 0.361. The standard InChI is InChI=1S/C25H38N/c1-8-10-11-15-25(5,6)22-14-16-26(7)24(18-22)23-13-12-21(17-20(23)4)19(3)9-2/h12-14,16-19H,8-11,15H2,1-7H3/q+1. The Hall–Kier alpha value is -1.63. The first-order valence-electron chi connectivity index (χ1n) is 10.4. The van der Waals surface area contributed by atoms with Crippen LogP contribution in [-0.2, 0) is 12.5 Å². The Labute approximate surface area is 161 Å². The maximum Gasteiger partial charge on any atom is 0.212 e. The van der Waals surface area contributed by atoms with Crippen LogP contribution in [0.1, 0.15) is 89.3 Å². The third kappa shape index (κ3) is 4.75. The Balaban J connectivity index is 2.38. The maximum absolute atomic E-state index is 2.41. The molecule has 2 aromatic rings. The van der Waals surface area contributed by atoms with Crippen molar-refractivity contribution < 1.29 is 4.57 Å². The lowest BCUT2D eigenvalue weighted by atomic mass is 9.79. The minimum absolute atomic E-state index is 0.225. The van der Waals surface area contributed by atoms with E-state index in [4.69, 9.17) is 0 Å². The molecule has 0 aliphatic rings. The highest BCUT2D eigenvalue weighted by Crippen LogP contribution is 2.32. The van der Waals surface area contributed by atoms with Crippen LogP contribution in [0.2, 0.25) is 0 Å². The van der Waals surface area contributed by atoms with Gasteiger partial charge in [0.15, 0.2) is 6.20 Å². The summed E-state index contributed by atoms with van der Waals surface area (Å²) in [6.45, 7) is 13.9. The van der Waals surface area contributed by atoms with Crippen LogP contribution in [0.3, 0.4) is 0 Å². The highest BCUT2D eigenvalue weighted by Gasteiger charge is 2.24. The van der Waals surface area contributed by atoms with Crippen molar-refractivity contribution in [1.82, 2.24) is 0 Å². The van der Waals surface area contributed by atoms with Crippen LogP contribution in [0, 0.1) is 6.92 Å². The van der Waals surface area contributed by atoms with Gasteiger partial charge < -0.3 is 0 Å². The van der Waals surface area contributed by atoms with Crippen LogP contribution >= 0.6 is 0 Å². The smallest absolute Gasteiger partial charge is 0.201 e. The van der Waals surface area contributed by atoms with Gasteiger partial charge in [-0.3, -0.25) is 0 Å². The van der Waals surface area contributed by atoms with Crippen LogP contribution in [0.15, 0.2) is 36.5 Å². The van der Waals surface area contributed by atoms with Gasteiger partial charge in [-0.25, -0.2) is 4.57 Å². The molecule has 0 amide bonds. The largest absolute Gasteiger partial charge is 0.212 e. The van der Waals surface area contributed by atoms with Gasteiger partial charge in [-0.05, 0) is 53.9 Å². The van der Waals surface area contributed by atoms with Crippen molar-refractivity contribution in [2.75, 3.05) is 0 Å². The zero-order valence-electron chi connectivity index (χ0n) is 18.0. The number of rotatable bonds is 8. The van der Waals surface area contributed by atoms with E-state index in [-0.39, 0.29) is 5.41 Å². The highest BCUT2D eigenvalue weighted by atomic mass is 14.9. The lowest BCUT2D eigenvalue weighted by Gasteiger charge is -2.25. The second kappa shape index (κ2) is 8.84. The van der Waals surface area contributed by atoms with Crippen molar-refractivity contribution in [2.45, 2.75) is 85.0 Å². The molecular weight excluding hydrogens is 314 g/mol. The summed E-state index contributed by atoms with van der Waals surface area (Å²) in [6.07, 6.45) is 8.59. The Morgan fingerprint density at radius 2 is 1.77 bits per heavy atom. The monoisotopic (exact) mass is 352 g/mol. The molecule has 0 radical (unpaired) electrons. The zero-order chi connectivity index (χ0) is 19.3. The zero-order valence-corrected chi connectivity index (χ0v) is 18.0. The number of pyridine rings is 1. The molecule has 0 spiro atoms. The van der Waals surface area contributed by atoms with Gasteiger partial charge in [0.2, 0.25) is 5.69 Å². The molecule has 1 nitrogen and oxygen atoms in total. The van der Waals surface area contributed by atoms with Gasteiger partial charge in [-0.2, -0.15) is 0 Å². The number of aromatic nitrogens is 1. The van der Waals surface area contributed by atoms with Crippen LogP contribution in [0.4, 0.5) is 0 Å². The van der Waals surface area contributed by atoms with E-state index in [0.29, 0.717) is 5.92 Å². The topological polar surface area (TPSA) is 3.88 Å². The van der Waals surface area contributed by atoms with Crippen LogP contribution in [0.25, 0.3) is 11.3 Å². The summed E-state index contributed by atoms with van der Waals surface area (Å²) < 4.78 is 2.26. The van der Waals surface area contributed by atoms with E-state index in [2.05, 4.69) is 89.7 Å². The van der Waals surface area contributed by atoms with Crippen LogP contribution in [0.5, 0.6) is 0 Å². The Morgan fingerprint density at radius 1 is 1.04 bits per heavy atom. The van der Waals surface area contributed by atoms with Gasteiger partial charge in [-0.15, -0.1) is 0 Å². The number of benzene rings is 1. The molecule has 0 bridgehead atoms. The minimum atomic E-state index is 0.225. The van der Waals surface area contributed by atoms with Crippen molar-refractivity contribution in [3.05, 3.63) is 53.2 Å². The number of unbranched alkanes of at least 4 members (excludes halogenated alkanes) is 2. The third-order valence-corrected chi connectivity index (χ3v) is 6.04. The molecule has 0 aliphatic heterocycles. The molecule has 0 N–H and O–H groups in total. The molecule has 26 heavy (non-hydrogen) atoms. The van der Waals surface area contributed by atoms with Crippen molar-refractivity contribution in [2.24, 2.45) is 7.05 Å². The first-order valence-corrected chi connectivity index (χ1v) is 10.4. The molecular formula is C25H38N+. The fourth-order valence-corrected chi connectivity index (χ4v) is 3.74. The lowest BCUT2D eigenvalue weighted by molar-refractivity contribution is -0.660. The molecule has 2 rings (SSSR count). The van der Waals surface area contributed by atoms with Gasteiger partial charge in [0.1, 0.15) is 7.05 Å². The second-order valence-corrected chi connectivity index (χ2v) is 8.64. The van der Waals surface area contributed by atoms with Crippen LogP contribution < -0.4 is 4.57 Å². The van der Waals surface area contributed by atoms with Gasteiger partial charge in [0.05, 0.1) is 0 Å². The highest BCUT2D eigenvalue weighted by molar-refractivity contribution is 5.62. The first-order chi connectivity index (χ1) is 12.3. The molecule has 1 heterocycles. The molecule has 1 aromatic carbocycles. The molecule has 0 fully saturated rings. The van der Waals surface area contributed by atoms with Gasteiger partial charge in [0.25, 0.3) is 0 Å². The molecule has 0 saturated heterocycles. The van der Waals surface area contributed by atoms with E-state index in [9.17, 15) is 0 Å². The van der Waals surface area contributed by atoms with Crippen LogP contribution in [-0.4, -0.2) is 0 Å². The minimum Gasteiger partial charge on any atom is -0.201 e. The summed E-state index contributed by atoms with van der Waals surface area (Å²) in [5.74, 6) is 0.625. The summed E-state index contributed by atoms with van der Waals surface area (Å²) in [7, 11) is 2.16. The number of aryl methyl sites for hydroxylation is 2. The molecule has 1 unspecified atom stereocenters. The van der Waals surface area contributed by atoms with Crippen molar-refractivity contribution in [3.63, 3.8) is 0 Å². The number of hydrogen-bond acceptors (Lipinski definition) is 0. The number of hydrogen-bond donors (Lipinski definition) is 0. The van der Waals surface area contributed by atoms with E-state index >= 15 is 0 Å². The van der Waals surface area contributed by atoms with E-state index in [0.717, 1.165) is 0 Å². The average Bonchev–Trinajstić information content (AvgIpc) is 2.61. The fraction of sp³-hybridized carbons (Fsp3) is 0.560. The predicted octanol–water partition coefficient (Wildman–Crippen LogP) is 6.86. The SMILES string of the molecule is CCCCCC(C)(C)c1cc[n+](C)c(-c2ccc(C(C)CC)cc2C)c1. The Bertz CT molecular complexity index is 727. The lowest BCUT2D eigenvalue weighted by Crippen LogP contribution is -2.32. The van der Waals surface area contributed by atoms with E-state index in [1.165, 1.54) is 60.1 Å². The Kier molecular flexibility index (Phi) is 7.03. The van der Waals surface area contributed by atoms with Gasteiger partial charge in [0, 0.05) is 17.7 Å².